The number of nitrogens with zero attached hydrogens (tertiary/aromatic N) is 3. The molecule has 7 heteroatoms. The molecule has 0 bridgehead atoms. The van der Waals surface area contributed by atoms with E-state index in [2.05, 4.69) is 37.1 Å². The molecule has 2 amide bonds. The van der Waals surface area contributed by atoms with Crippen LogP contribution in [0.4, 0.5) is 5.69 Å². The third-order valence-electron chi connectivity index (χ3n) is 6.06. The normalized spacial score (nSPS) is 15.4. The maximum absolute atomic E-state index is 13.6. The molecule has 1 unspecified atom stereocenters. The van der Waals surface area contributed by atoms with E-state index in [9.17, 15) is 14.9 Å². The zero-order valence-electron chi connectivity index (χ0n) is 19.5. The zero-order chi connectivity index (χ0) is 24.0. The molecule has 1 aromatic heterocycles. The molecule has 1 aromatic carbocycles. The molecule has 1 aliphatic rings. The Kier molecular flexibility index (Phi) is 8.10. The van der Waals surface area contributed by atoms with Crippen LogP contribution in [-0.2, 0) is 15.0 Å². The molecule has 1 fully saturated rings. The van der Waals surface area contributed by atoms with E-state index in [-0.39, 0.29) is 23.2 Å². The predicted octanol–water partition coefficient (Wildman–Crippen LogP) is 5.01. The molecule has 1 N–H and O–H groups in total. The third kappa shape index (κ3) is 6.11. The van der Waals surface area contributed by atoms with Gasteiger partial charge in [-0.15, -0.1) is 11.6 Å². The number of hydrogen-bond acceptors (Lipinski definition) is 4. The van der Waals surface area contributed by atoms with Gasteiger partial charge in [-0.1, -0.05) is 52.2 Å². The van der Waals surface area contributed by atoms with E-state index in [0.29, 0.717) is 16.8 Å². The van der Waals surface area contributed by atoms with Gasteiger partial charge in [-0.2, -0.15) is 5.26 Å². The highest BCUT2D eigenvalue weighted by atomic mass is 35.5. The second-order valence-corrected chi connectivity index (χ2v) is 9.83. The summed E-state index contributed by atoms with van der Waals surface area (Å²) in [7, 11) is 0. The number of halogens is 1. The largest absolute Gasteiger partial charge is 0.351 e. The van der Waals surface area contributed by atoms with Crippen molar-refractivity contribution in [3.05, 3.63) is 59.4 Å². The number of amides is 2. The molecule has 3 rings (SSSR count). The van der Waals surface area contributed by atoms with Crippen LogP contribution in [0, 0.1) is 11.3 Å². The molecule has 1 atom stereocenters. The number of alkyl halides is 1. The fourth-order valence-corrected chi connectivity index (χ4v) is 4.37. The highest BCUT2D eigenvalue weighted by Gasteiger charge is 2.34. The summed E-state index contributed by atoms with van der Waals surface area (Å²) in [6.45, 7) is 6.34. The average Bonchev–Trinajstić information content (AvgIpc) is 2.82. The molecule has 6 nitrogen and oxygen atoms in total. The summed E-state index contributed by atoms with van der Waals surface area (Å²) in [6, 6.07) is 10.4. The Hall–Kier alpha value is -2.91. The van der Waals surface area contributed by atoms with Crippen LogP contribution in [0.25, 0.3) is 0 Å². The van der Waals surface area contributed by atoms with E-state index < -0.39 is 11.9 Å². The van der Waals surface area contributed by atoms with Crippen molar-refractivity contribution >= 4 is 29.1 Å². The second-order valence-electron chi connectivity index (χ2n) is 9.56. The summed E-state index contributed by atoms with van der Waals surface area (Å²) < 4.78 is 0. The lowest BCUT2D eigenvalue weighted by molar-refractivity contribution is -0.126. The lowest BCUT2D eigenvalue weighted by Crippen LogP contribution is -2.47. The van der Waals surface area contributed by atoms with Gasteiger partial charge in [0.25, 0.3) is 0 Å². The average molecular weight is 467 g/mol. The lowest BCUT2D eigenvalue weighted by Gasteiger charge is -2.33. The summed E-state index contributed by atoms with van der Waals surface area (Å²) in [5, 5.41) is 12.5. The Labute approximate surface area is 201 Å². The van der Waals surface area contributed by atoms with Crippen LogP contribution in [0.15, 0.2) is 42.7 Å². The highest BCUT2D eigenvalue weighted by Crippen LogP contribution is 2.31. The van der Waals surface area contributed by atoms with Gasteiger partial charge in [-0.3, -0.25) is 19.5 Å². The van der Waals surface area contributed by atoms with Crippen molar-refractivity contribution in [3.63, 3.8) is 0 Å². The number of anilines is 1. The van der Waals surface area contributed by atoms with Crippen LogP contribution in [0.1, 0.15) is 75.6 Å². The Morgan fingerprint density at radius 2 is 1.85 bits per heavy atom. The number of benzene rings is 1. The summed E-state index contributed by atoms with van der Waals surface area (Å²) in [5.74, 6) is -0.969. The van der Waals surface area contributed by atoms with Crippen molar-refractivity contribution in [2.75, 3.05) is 10.8 Å². The van der Waals surface area contributed by atoms with E-state index in [0.717, 1.165) is 31.2 Å². The van der Waals surface area contributed by atoms with Crippen molar-refractivity contribution in [1.82, 2.24) is 10.3 Å². The van der Waals surface area contributed by atoms with Crippen LogP contribution in [0.5, 0.6) is 0 Å². The first-order valence-corrected chi connectivity index (χ1v) is 11.9. The lowest BCUT2D eigenvalue weighted by atomic mass is 9.87. The van der Waals surface area contributed by atoms with Gasteiger partial charge in [0.05, 0.1) is 5.56 Å². The molecular formula is C26H31ClN4O2. The Morgan fingerprint density at radius 1 is 1.18 bits per heavy atom. The molecule has 1 saturated carbocycles. The maximum atomic E-state index is 13.6. The molecule has 1 heterocycles. The molecule has 0 aliphatic heterocycles. The summed E-state index contributed by atoms with van der Waals surface area (Å²) in [5.41, 5.74) is 2.42. The monoisotopic (exact) mass is 466 g/mol. The first kappa shape index (κ1) is 24.7. The fourth-order valence-electron chi connectivity index (χ4n) is 4.24. The number of rotatable bonds is 6. The van der Waals surface area contributed by atoms with Crippen molar-refractivity contribution in [2.24, 2.45) is 0 Å². The zero-order valence-corrected chi connectivity index (χ0v) is 20.2. The van der Waals surface area contributed by atoms with Crippen LogP contribution < -0.4 is 10.2 Å². The highest BCUT2D eigenvalue weighted by molar-refractivity contribution is 6.29. The number of hydrogen-bond donors (Lipinski definition) is 1. The van der Waals surface area contributed by atoms with Gasteiger partial charge in [0.15, 0.2) is 0 Å². The SMILES string of the molecule is CC(C)(C)c1ccc(N(C(=O)CCl)C(C(=O)NC2CCCCC2)c2cncc(C#N)c2)cc1. The minimum absolute atomic E-state index is 0.0529. The van der Waals surface area contributed by atoms with Gasteiger partial charge in [-0.05, 0) is 42.0 Å². The summed E-state index contributed by atoms with van der Waals surface area (Å²) in [6.07, 6.45) is 8.10. The van der Waals surface area contributed by atoms with Crippen molar-refractivity contribution in [1.29, 1.82) is 5.26 Å². The first-order chi connectivity index (χ1) is 15.7. The van der Waals surface area contributed by atoms with Crippen LogP contribution >= 0.6 is 11.6 Å². The minimum Gasteiger partial charge on any atom is -0.351 e. The summed E-state index contributed by atoms with van der Waals surface area (Å²) >= 11 is 6.00. The van der Waals surface area contributed by atoms with E-state index in [4.69, 9.17) is 11.6 Å². The molecule has 0 radical (unpaired) electrons. The summed E-state index contributed by atoms with van der Waals surface area (Å²) in [4.78, 5) is 32.3. The van der Waals surface area contributed by atoms with Crippen LogP contribution in [-0.4, -0.2) is 28.7 Å². The number of carbonyl (C=O) groups excluding carboxylic acids is 2. The third-order valence-corrected chi connectivity index (χ3v) is 6.29. The van der Waals surface area contributed by atoms with Crippen LogP contribution in [0.2, 0.25) is 0 Å². The fraction of sp³-hybridized carbons (Fsp3) is 0.462. The van der Waals surface area contributed by atoms with Gasteiger partial charge in [0.2, 0.25) is 11.8 Å². The van der Waals surface area contributed by atoms with Crippen molar-refractivity contribution < 1.29 is 9.59 Å². The van der Waals surface area contributed by atoms with E-state index >= 15 is 0 Å². The number of pyridine rings is 1. The Bertz CT molecular complexity index is 1020. The molecular weight excluding hydrogens is 436 g/mol. The van der Waals surface area contributed by atoms with E-state index in [1.807, 2.05) is 24.3 Å². The van der Waals surface area contributed by atoms with Gasteiger partial charge in [-0.25, -0.2) is 0 Å². The van der Waals surface area contributed by atoms with Gasteiger partial charge >= 0.3 is 0 Å². The maximum Gasteiger partial charge on any atom is 0.248 e. The standard InChI is InChI=1S/C26H31ClN4O2/c1-26(2,3)20-9-11-22(12-10-20)31(23(32)14-27)24(19-13-18(15-28)16-29-17-19)25(33)30-21-7-5-4-6-8-21/h9-13,16-17,21,24H,4-8,14H2,1-3H3,(H,30,33). The smallest absolute Gasteiger partial charge is 0.248 e. The number of nitriles is 1. The predicted molar refractivity (Wildman–Crippen MR) is 130 cm³/mol. The van der Waals surface area contributed by atoms with Gasteiger partial charge in [0.1, 0.15) is 18.0 Å². The van der Waals surface area contributed by atoms with Crippen LogP contribution in [0.3, 0.4) is 0 Å². The number of nitrogens with one attached hydrogen (secondary N) is 1. The van der Waals surface area contributed by atoms with Crippen molar-refractivity contribution in [3.8, 4) is 6.07 Å². The molecule has 2 aromatic rings. The Balaban J connectivity index is 2.06. The molecule has 1 aliphatic carbocycles. The van der Waals surface area contributed by atoms with Gasteiger partial charge < -0.3 is 5.32 Å². The molecule has 174 valence electrons. The molecule has 0 spiro atoms. The van der Waals surface area contributed by atoms with E-state index in [1.54, 1.807) is 6.07 Å². The van der Waals surface area contributed by atoms with E-state index in [1.165, 1.54) is 23.7 Å². The van der Waals surface area contributed by atoms with Crippen molar-refractivity contribution in [2.45, 2.75) is 70.4 Å². The first-order valence-electron chi connectivity index (χ1n) is 11.4. The van der Waals surface area contributed by atoms with Gasteiger partial charge in [0, 0.05) is 29.7 Å². The topological polar surface area (TPSA) is 86.1 Å². The molecule has 0 saturated heterocycles. The minimum atomic E-state index is -0.987. The number of aromatic nitrogens is 1. The number of carbonyl (C=O) groups is 2. The molecule has 33 heavy (non-hydrogen) atoms. The second kappa shape index (κ2) is 10.8. The quantitative estimate of drug-likeness (QED) is 0.606. The Morgan fingerprint density at radius 3 is 2.42 bits per heavy atom.